The molecule has 2 unspecified atom stereocenters. The van der Waals surface area contributed by atoms with Crippen molar-refractivity contribution in [3.8, 4) is 5.75 Å². The van der Waals surface area contributed by atoms with Crippen molar-refractivity contribution in [2.75, 3.05) is 18.2 Å². The quantitative estimate of drug-likeness (QED) is 0.823. The summed E-state index contributed by atoms with van der Waals surface area (Å²) >= 11 is 0. The number of ether oxygens (including phenoxy) is 1. The van der Waals surface area contributed by atoms with Crippen LogP contribution in [-0.2, 0) is 0 Å². The maximum Gasteiger partial charge on any atom is 0.143 e. The van der Waals surface area contributed by atoms with E-state index >= 15 is 0 Å². The van der Waals surface area contributed by atoms with Crippen LogP contribution in [0, 0.1) is 0 Å². The summed E-state index contributed by atoms with van der Waals surface area (Å²) in [4.78, 5) is 0. The zero-order valence-electron chi connectivity index (χ0n) is 11.0. The van der Waals surface area contributed by atoms with Gasteiger partial charge in [-0.2, -0.15) is 0 Å². The lowest BCUT2D eigenvalue weighted by Gasteiger charge is -2.12. The van der Waals surface area contributed by atoms with Gasteiger partial charge in [-0.1, -0.05) is 36.4 Å². The van der Waals surface area contributed by atoms with E-state index in [9.17, 15) is 0 Å². The van der Waals surface area contributed by atoms with Crippen LogP contribution < -0.4 is 15.8 Å². The maximum absolute atomic E-state index is 6.07. The molecule has 1 aliphatic carbocycles. The summed E-state index contributed by atoms with van der Waals surface area (Å²) in [5.74, 6) is 1.31. The summed E-state index contributed by atoms with van der Waals surface area (Å²) in [6, 6.07) is 16.9. The number of nitrogen functional groups attached to an aromatic ring is 1. The Kier molecular flexibility index (Phi) is 3.03. The van der Waals surface area contributed by atoms with Crippen molar-refractivity contribution in [3.05, 3.63) is 54.1 Å². The number of anilines is 2. The van der Waals surface area contributed by atoms with Crippen LogP contribution in [0.4, 0.5) is 11.4 Å². The molecule has 2 aromatic carbocycles. The minimum Gasteiger partial charge on any atom is -0.495 e. The molecule has 0 amide bonds. The van der Waals surface area contributed by atoms with E-state index in [0.29, 0.717) is 17.6 Å². The molecule has 0 radical (unpaired) electrons. The fraction of sp³-hybridized carbons (Fsp3) is 0.250. The smallest absolute Gasteiger partial charge is 0.143 e. The molecule has 3 nitrogen and oxygen atoms in total. The molecule has 98 valence electrons. The molecule has 0 heterocycles. The largest absolute Gasteiger partial charge is 0.495 e. The van der Waals surface area contributed by atoms with Crippen LogP contribution >= 0.6 is 0 Å². The number of nitrogens with one attached hydrogen (secondary N) is 1. The highest BCUT2D eigenvalue weighted by molar-refractivity contribution is 5.73. The molecule has 0 saturated heterocycles. The van der Waals surface area contributed by atoms with Crippen molar-refractivity contribution in [3.63, 3.8) is 0 Å². The van der Waals surface area contributed by atoms with Gasteiger partial charge in [0.1, 0.15) is 5.75 Å². The van der Waals surface area contributed by atoms with Crippen molar-refractivity contribution in [2.24, 2.45) is 0 Å². The van der Waals surface area contributed by atoms with Gasteiger partial charge in [0.15, 0.2) is 0 Å². The van der Waals surface area contributed by atoms with Crippen molar-refractivity contribution in [1.82, 2.24) is 0 Å². The molecule has 0 spiro atoms. The summed E-state index contributed by atoms with van der Waals surface area (Å²) in [5.41, 5.74) is 9.10. The van der Waals surface area contributed by atoms with Crippen LogP contribution in [0.1, 0.15) is 17.9 Å². The Balaban J connectivity index is 1.71. The normalized spacial score (nSPS) is 20.9. The Hall–Kier alpha value is -2.16. The van der Waals surface area contributed by atoms with Gasteiger partial charge in [0.2, 0.25) is 0 Å². The van der Waals surface area contributed by atoms with E-state index in [1.807, 2.05) is 24.3 Å². The van der Waals surface area contributed by atoms with Crippen molar-refractivity contribution < 1.29 is 4.74 Å². The zero-order valence-corrected chi connectivity index (χ0v) is 11.0. The fourth-order valence-corrected chi connectivity index (χ4v) is 2.47. The minimum atomic E-state index is 0.469. The summed E-state index contributed by atoms with van der Waals surface area (Å²) < 4.78 is 5.23. The second-order valence-corrected chi connectivity index (χ2v) is 4.93. The lowest BCUT2D eigenvalue weighted by molar-refractivity contribution is 0.417. The predicted molar refractivity (Wildman–Crippen MR) is 78.6 cm³/mol. The molecule has 3 N–H and O–H groups in total. The van der Waals surface area contributed by atoms with Crippen molar-refractivity contribution >= 4 is 11.4 Å². The van der Waals surface area contributed by atoms with Crippen LogP contribution in [0.15, 0.2) is 48.5 Å². The van der Waals surface area contributed by atoms with E-state index in [0.717, 1.165) is 17.9 Å². The van der Waals surface area contributed by atoms with Gasteiger partial charge in [-0.15, -0.1) is 0 Å². The van der Waals surface area contributed by atoms with E-state index in [1.165, 1.54) is 5.56 Å². The highest BCUT2D eigenvalue weighted by Crippen LogP contribution is 2.44. The Morgan fingerprint density at radius 2 is 1.89 bits per heavy atom. The third-order valence-corrected chi connectivity index (χ3v) is 3.65. The number of nitrogens with two attached hydrogens (primary N) is 1. The number of methoxy groups -OCH3 is 1. The zero-order chi connectivity index (χ0) is 13.2. The van der Waals surface area contributed by atoms with Crippen LogP contribution in [0.5, 0.6) is 5.75 Å². The molecule has 2 atom stereocenters. The van der Waals surface area contributed by atoms with Crippen LogP contribution in [0.25, 0.3) is 0 Å². The van der Waals surface area contributed by atoms with Crippen molar-refractivity contribution in [2.45, 2.75) is 18.4 Å². The molecule has 0 aliphatic heterocycles. The second kappa shape index (κ2) is 4.84. The van der Waals surface area contributed by atoms with Gasteiger partial charge in [-0.05, 0) is 24.1 Å². The summed E-state index contributed by atoms with van der Waals surface area (Å²) in [6.45, 7) is 0. The predicted octanol–water partition coefficient (Wildman–Crippen LogP) is 3.25. The van der Waals surface area contributed by atoms with Gasteiger partial charge in [0, 0.05) is 12.0 Å². The van der Waals surface area contributed by atoms with Gasteiger partial charge in [0.25, 0.3) is 0 Å². The Morgan fingerprint density at radius 3 is 2.63 bits per heavy atom. The molecule has 1 aliphatic rings. The maximum atomic E-state index is 6.07. The molecule has 0 bridgehead atoms. The molecule has 3 rings (SSSR count). The highest BCUT2D eigenvalue weighted by atomic mass is 16.5. The fourth-order valence-electron chi connectivity index (χ4n) is 2.47. The SMILES string of the molecule is COc1cccc(NC2CC2c2ccccc2)c1N. The van der Waals surface area contributed by atoms with Gasteiger partial charge >= 0.3 is 0 Å². The average Bonchev–Trinajstić information content (AvgIpc) is 3.21. The number of para-hydroxylation sites is 1. The van der Waals surface area contributed by atoms with E-state index < -0.39 is 0 Å². The first-order chi connectivity index (χ1) is 9.29. The van der Waals surface area contributed by atoms with Gasteiger partial charge in [0.05, 0.1) is 18.5 Å². The number of hydrogen-bond acceptors (Lipinski definition) is 3. The first kappa shape index (κ1) is 11.9. The molecule has 3 heteroatoms. The van der Waals surface area contributed by atoms with E-state index in [4.69, 9.17) is 10.5 Å². The highest BCUT2D eigenvalue weighted by Gasteiger charge is 2.38. The summed E-state index contributed by atoms with van der Waals surface area (Å²) in [6.07, 6.45) is 1.15. The van der Waals surface area contributed by atoms with Crippen molar-refractivity contribution in [1.29, 1.82) is 0 Å². The lowest BCUT2D eigenvalue weighted by Crippen LogP contribution is -2.07. The van der Waals surface area contributed by atoms with E-state index in [1.54, 1.807) is 7.11 Å². The first-order valence-corrected chi connectivity index (χ1v) is 6.53. The molecule has 2 aromatic rings. The lowest BCUT2D eigenvalue weighted by atomic mass is 10.1. The molecule has 19 heavy (non-hydrogen) atoms. The van der Waals surface area contributed by atoms with Gasteiger partial charge < -0.3 is 15.8 Å². The topological polar surface area (TPSA) is 47.3 Å². The van der Waals surface area contributed by atoms with Gasteiger partial charge in [-0.25, -0.2) is 0 Å². The van der Waals surface area contributed by atoms with E-state index in [-0.39, 0.29) is 0 Å². The molecule has 1 saturated carbocycles. The summed E-state index contributed by atoms with van der Waals surface area (Å²) in [5, 5.41) is 3.50. The van der Waals surface area contributed by atoms with Gasteiger partial charge in [-0.3, -0.25) is 0 Å². The van der Waals surface area contributed by atoms with Crippen LogP contribution in [0.3, 0.4) is 0 Å². The Labute approximate surface area is 113 Å². The second-order valence-electron chi connectivity index (χ2n) is 4.93. The van der Waals surface area contributed by atoms with Crippen LogP contribution in [-0.4, -0.2) is 13.2 Å². The number of hydrogen-bond donors (Lipinski definition) is 2. The average molecular weight is 254 g/mol. The third kappa shape index (κ3) is 2.36. The molecular weight excluding hydrogens is 236 g/mol. The number of benzene rings is 2. The monoisotopic (exact) mass is 254 g/mol. The summed E-state index contributed by atoms with van der Waals surface area (Å²) in [7, 11) is 1.64. The van der Waals surface area contributed by atoms with Crippen LogP contribution in [0.2, 0.25) is 0 Å². The van der Waals surface area contributed by atoms with E-state index in [2.05, 4.69) is 29.6 Å². The standard InChI is InChI=1S/C16H18N2O/c1-19-15-9-5-8-13(16(15)17)18-14-10-12(14)11-6-3-2-4-7-11/h2-9,12,14,18H,10,17H2,1H3. The molecular formula is C16H18N2O. The Bertz CT molecular complexity index is 568. The molecule has 1 fully saturated rings. The first-order valence-electron chi connectivity index (χ1n) is 6.53. The number of rotatable bonds is 4. The third-order valence-electron chi connectivity index (χ3n) is 3.65. The molecule has 0 aromatic heterocycles. The minimum absolute atomic E-state index is 0.469. The Morgan fingerprint density at radius 1 is 1.11 bits per heavy atom.